The summed E-state index contributed by atoms with van der Waals surface area (Å²) in [5.74, 6) is 2.26. The van der Waals surface area contributed by atoms with Gasteiger partial charge in [0.25, 0.3) is 0 Å². The van der Waals surface area contributed by atoms with Crippen LogP contribution in [0.3, 0.4) is 0 Å². The van der Waals surface area contributed by atoms with Gasteiger partial charge in [-0.2, -0.15) is 0 Å². The topological polar surface area (TPSA) is 145 Å². The van der Waals surface area contributed by atoms with Crippen molar-refractivity contribution in [2.24, 2.45) is 39.4 Å². The maximum atomic E-state index is 13.6. The van der Waals surface area contributed by atoms with E-state index < -0.39 is 67.3 Å². The molecule has 0 aromatic heterocycles. The Kier molecular flexibility index (Phi) is 8.47. The lowest BCUT2D eigenvalue weighted by atomic mass is 9.32. The zero-order valence-electron chi connectivity index (χ0n) is 43.2. The zero-order chi connectivity index (χ0) is 48.4. The fraction of sp³-hybridized carbons (Fsp3) is 0.793. The Hall–Kier alpha value is -2.64. The molecular weight excluding hydrogens is 869 g/mol. The van der Waals surface area contributed by atoms with E-state index in [0.29, 0.717) is 41.4 Å². The van der Waals surface area contributed by atoms with Gasteiger partial charge in [0.2, 0.25) is 0 Å². The molecule has 2 aromatic carbocycles. The minimum atomic E-state index is -1.66. The minimum Gasteiger partial charge on any atom is -0.504 e. The molecule has 8 saturated carbocycles. The molecule has 10 aliphatic carbocycles. The van der Waals surface area contributed by atoms with Gasteiger partial charge in [-0.25, -0.2) is 0 Å². The number of hydrogen-bond donors (Lipinski definition) is 5. The Morgan fingerprint density at radius 1 is 0.652 bits per heavy atom. The standard InChI is InChI=1S/C58H80N2O9/c1-48(2,3)50(7,63)37-27-52-15-17-56(37,66-9)46-54(52)19-21-59(28-31-11-12-31)38(52)25-33-23-35(42(61)44(68-46)40(33)54)36-24-34-26-39-53-16-18-57(67-10,58(65,30-53)51(8,64)49(4,5)6)47-55(53,41(34)45(69-47)43(36)62)20-22-60(39)29-32-13-14-32/h23-24,31-32,37-39,46-47,61-65H,11-22,25-30H2,1-10H3/t37-,38-,39-,46-,47-,50+,51-,52-,53-,54+,55+,56-,57+,58+/m1/s1. The summed E-state index contributed by atoms with van der Waals surface area (Å²) < 4.78 is 28.6. The van der Waals surface area contributed by atoms with E-state index in [-0.39, 0.29) is 34.9 Å². The first-order valence-corrected chi connectivity index (χ1v) is 27.3. The number of aliphatic hydroxyl groups is 3. The predicted octanol–water partition coefficient (Wildman–Crippen LogP) is 7.92. The van der Waals surface area contributed by atoms with Crippen molar-refractivity contribution in [3.05, 3.63) is 34.4 Å². The third-order valence-corrected chi connectivity index (χ3v) is 24.4. The lowest BCUT2D eigenvalue weighted by Crippen LogP contribution is -2.89. The van der Waals surface area contributed by atoms with Gasteiger partial charge >= 0.3 is 0 Å². The first kappa shape index (κ1) is 45.0. The van der Waals surface area contributed by atoms with Crippen LogP contribution in [0.4, 0.5) is 0 Å². The summed E-state index contributed by atoms with van der Waals surface area (Å²) in [6.45, 7) is 20.3. The summed E-state index contributed by atoms with van der Waals surface area (Å²) in [6.07, 6.45) is 11.7. The van der Waals surface area contributed by atoms with Crippen LogP contribution >= 0.6 is 0 Å². The molecule has 5 N–H and O–H groups in total. The van der Waals surface area contributed by atoms with Gasteiger partial charge in [0.15, 0.2) is 23.0 Å². The molecule has 376 valence electrons. The second-order valence-electron chi connectivity index (χ2n) is 28.1. The predicted molar refractivity (Wildman–Crippen MR) is 261 cm³/mol. The SMILES string of the molecule is CO[C@]12CC[C@@]3(C[C@@H]1[C@](C)(O)C(C)(C)C)[C@H]1Cc4cc(-c5cc6c7c(c5O)O[C@H]5[C@@]8(OC)CC[C@@]9(C[C@]8(O)[C@](C)(O)C(C)(C)C)[C@@H](C6)N(CC6CC6)CC[C@]759)c(O)c5c4[C@@]3(CCN1CC1CC1)[C@H]2O5. The molecule has 2 aromatic rings. The van der Waals surface area contributed by atoms with Crippen LogP contribution in [-0.4, -0.2) is 128 Å². The molecule has 0 unspecified atom stereocenters. The minimum absolute atomic E-state index is 0.0110. The van der Waals surface area contributed by atoms with E-state index in [1.807, 2.05) is 34.8 Å². The van der Waals surface area contributed by atoms with E-state index in [2.05, 4.69) is 42.7 Å². The van der Waals surface area contributed by atoms with Crippen LogP contribution in [0.2, 0.25) is 0 Å². The highest BCUT2D eigenvalue weighted by atomic mass is 16.6. The number of benzene rings is 2. The van der Waals surface area contributed by atoms with Crippen molar-refractivity contribution < 1.29 is 44.5 Å². The highest BCUT2D eigenvalue weighted by Gasteiger charge is 2.87. The quantitative estimate of drug-likeness (QED) is 0.167. The average molecular weight is 949 g/mol. The fourth-order valence-electron chi connectivity index (χ4n) is 19.8. The molecule has 14 atom stereocenters. The fourth-order valence-corrected chi connectivity index (χ4v) is 19.8. The van der Waals surface area contributed by atoms with Gasteiger partial charge in [0, 0.05) is 89.2 Å². The lowest BCUT2D eigenvalue weighted by molar-refractivity contribution is -0.376. The number of fused-ring (bicyclic) bond motifs is 4. The first-order chi connectivity index (χ1) is 32.4. The van der Waals surface area contributed by atoms with Gasteiger partial charge in [-0.1, -0.05) is 41.5 Å². The van der Waals surface area contributed by atoms with Crippen LogP contribution in [0.25, 0.3) is 11.1 Å². The highest BCUT2D eigenvalue weighted by molar-refractivity contribution is 5.86. The number of nitrogens with zero attached hydrogens (tertiary/aromatic N) is 2. The van der Waals surface area contributed by atoms with Crippen molar-refractivity contribution >= 4 is 0 Å². The third-order valence-electron chi connectivity index (χ3n) is 24.4. The molecule has 0 amide bonds. The number of phenols is 2. The first-order valence-electron chi connectivity index (χ1n) is 27.3. The third kappa shape index (κ3) is 4.70. The number of hydrogen-bond acceptors (Lipinski definition) is 11. The molecular formula is C58H80N2O9. The smallest absolute Gasteiger partial charge is 0.166 e. The van der Waals surface area contributed by atoms with Crippen molar-refractivity contribution in [1.82, 2.24) is 9.80 Å². The Balaban J connectivity index is 0.963. The molecule has 4 aliphatic heterocycles. The van der Waals surface area contributed by atoms with Crippen LogP contribution in [0, 0.1) is 39.4 Å². The largest absolute Gasteiger partial charge is 0.504 e. The summed E-state index contributed by atoms with van der Waals surface area (Å²) in [5, 5.41) is 65.6. The van der Waals surface area contributed by atoms with Gasteiger partial charge in [-0.05, 0) is 163 Å². The van der Waals surface area contributed by atoms with E-state index in [1.54, 1.807) is 14.0 Å². The second kappa shape index (κ2) is 13.0. The molecule has 11 nitrogen and oxygen atoms in total. The van der Waals surface area contributed by atoms with Crippen LogP contribution in [-0.2, 0) is 33.1 Å². The van der Waals surface area contributed by atoms with Gasteiger partial charge in [0.05, 0.1) is 11.2 Å². The van der Waals surface area contributed by atoms with Crippen molar-refractivity contribution in [1.29, 1.82) is 0 Å². The van der Waals surface area contributed by atoms with E-state index in [1.165, 1.54) is 31.2 Å². The second-order valence-corrected chi connectivity index (χ2v) is 28.1. The molecule has 0 radical (unpaired) electrons. The maximum Gasteiger partial charge on any atom is 0.166 e. The number of likely N-dealkylation sites (tertiary alicyclic amines) is 2. The molecule has 8 bridgehead atoms. The molecule has 11 heteroatoms. The summed E-state index contributed by atoms with van der Waals surface area (Å²) in [7, 11) is 3.51. The molecule has 4 spiro atoms. The van der Waals surface area contributed by atoms with Gasteiger partial charge < -0.3 is 44.5 Å². The summed E-state index contributed by atoms with van der Waals surface area (Å²) in [6, 6.07) is 4.70. The summed E-state index contributed by atoms with van der Waals surface area (Å²) in [4.78, 5) is 5.54. The zero-order valence-corrected chi connectivity index (χ0v) is 43.2. The number of rotatable bonds is 9. The van der Waals surface area contributed by atoms with Gasteiger partial charge in [-0.15, -0.1) is 0 Å². The Bertz CT molecular complexity index is 2610. The molecule has 4 heterocycles. The van der Waals surface area contributed by atoms with E-state index >= 15 is 0 Å². The average Bonchev–Trinajstić information content (AvgIpc) is 4.22. The Morgan fingerprint density at radius 2 is 1.16 bits per heavy atom. The number of ether oxygens (including phenoxy) is 4. The summed E-state index contributed by atoms with van der Waals surface area (Å²) in [5.41, 5.74) is -3.33. The lowest BCUT2D eigenvalue weighted by Gasteiger charge is -2.77. The van der Waals surface area contributed by atoms with E-state index in [4.69, 9.17) is 18.9 Å². The van der Waals surface area contributed by atoms with Crippen LogP contribution < -0.4 is 9.47 Å². The summed E-state index contributed by atoms with van der Waals surface area (Å²) >= 11 is 0. The molecule has 2 saturated heterocycles. The van der Waals surface area contributed by atoms with Crippen LogP contribution in [0.5, 0.6) is 23.0 Å². The van der Waals surface area contributed by atoms with E-state index in [9.17, 15) is 25.5 Å². The van der Waals surface area contributed by atoms with Crippen LogP contribution in [0.15, 0.2) is 12.1 Å². The molecule has 10 fully saturated rings. The van der Waals surface area contributed by atoms with E-state index in [0.717, 1.165) is 100 Å². The maximum absolute atomic E-state index is 13.6. The van der Waals surface area contributed by atoms with Crippen LogP contribution in [0.1, 0.15) is 155 Å². The molecule has 14 aliphatic rings. The van der Waals surface area contributed by atoms with Crippen molar-refractivity contribution in [2.75, 3.05) is 40.4 Å². The number of phenolic OH excluding ortho intramolecular Hbond substituents is 2. The highest BCUT2D eigenvalue weighted by Crippen LogP contribution is 2.81. The Morgan fingerprint density at radius 3 is 1.65 bits per heavy atom. The monoisotopic (exact) mass is 949 g/mol. The van der Waals surface area contributed by atoms with Crippen molar-refractivity contribution in [2.45, 2.75) is 208 Å². The molecule has 69 heavy (non-hydrogen) atoms. The van der Waals surface area contributed by atoms with Gasteiger partial charge in [-0.3, -0.25) is 9.80 Å². The number of piperidine rings is 2. The van der Waals surface area contributed by atoms with Crippen molar-refractivity contribution in [3.8, 4) is 34.1 Å². The number of aromatic hydroxyl groups is 2. The number of methoxy groups -OCH3 is 2. The Labute approximate surface area is 409 Å². The van der Waals surface area contributed by atoms with Gasteiger partial charge in [0.1, 0.15) is 29.0 Å². The van der Waals surface area contributed by atoms with Crippen molar-refractivity contribution in [3.63, 3.8) is 0 Å². The normalized spacial score (nSPS) is 44.8. The molecule has 16 rings (SSSR count).